The standard InChI is InChI=1S/C13H11Br2NO/c1-8-4-10(7-16-6-8)13(17)9-2-3-11(14)12(15)5-9/h2-7,13,17H,1H3. The summed E-state index contributed by atoms with van der Waals surface area (Å²) >= 11 is 6.83. The van der Waals surface area contributed by atoms with E-state index in [9.17, 15) is 5.11 Å². The Labute approximate surface area is 117 Å². The third kappa shape index (κ3) is 2.94. The molecule has 2 aromatic rings. The number of hydrogen-bond donors (Lipinski definition) is 1. The highest BCUT2D eigenvalue weighted by Gasteiger charge is 2.12. The maximum absolute atomic E-state index is 10.3. The highest BCUT2D eigenvalue weighted by Crippen LogP contribution is 2.29. The van der Waals surface area contributed by atoms with Crippen LogP contribution in [0.2, 0.25) is 0 Å². The molecule has 1 unspecified atom stereocenters. The average Bonchev–Trinajstić information content (AvgIpc) is 2.32. The van der Waals surface area contributed by atoms with Crippen molar-refractivity contribution in [2.45, 2.75) is 13.0 Å². The van der Waals surface area contributed by atoms with Gasteiger partial charge in [0.2, 0.25) is 0 Å². The van der Waals surface area contributed by atoms with Gasteiger partial charge < -0.3 is 5.11 Å². The molecule has 1 heterocycles. The molecule has 0 bridgehead atoms. The molecular formula is C13H11Br2NO. The van der Waals surface area contributed by atoms with Gasteiger partial charge in [-0.3, -0.25) is 4.98 Å². The van der Waals surface area contributed by atoms with Gasteiger partial charge in [0.15, 0.2) is 0 Å². The van der Waals surface area contributed by atoms with Crippen LogP contribution in [0.3, 0.4) is 0 Å². The molecule has 88 valence electrons. The SMILES string of the molecule is Cc1cncc(C(O)c2ccc(Br)c(Br)c2)c1. The van der Waals surface area contributed by atoms with E-state index < -0.39 is 6.10 Å². The Morgan fingerprint density at radius 1 is 1.06 bits per heavy atom. The molecule has 0 spiro atoms. The van der Waals surface area contributed by atoms with Crippen molar-refractivity contribution in [3.8, 4) is 0 Å². The highest BCUT2D eigenvalue weighted by molar-refractivity contribution is 9.13. The Balaban J connectivity index is 2.36. The lowest BCUT2D eigenvalue weighted by Gasteiger charge is -2.12. The summed E-state index contributed by atoms with van der Waals surface area (Å²) in [4.78, 5) is 4.09. The molecule has 17 heavy (non-hydrogen) atoms. The van der Waals surface area contributed by atoms with Crippen molar-refractivity contribution in [2.24, 2.45) is 0 Å². The minimum atomic E-state index is -0.646. The summed E-state index contributed by atoms with van der Waals surface area (Å²) in [6.45, 7) is 1.96. The summed E-state index contributed by atoms with van der Waals surface area (Å²) in [5.41, 5.74) is 2.68. The molecule has 1 aromatic heterocycles. The predicted molar refractivity (Wildman–Crippen MR) is 74.9 cm³/mol. The summed E-state index contributed by atoms with van der Waals surface area (Å²) in [5.74, 6) is 0. The van der Waals surface area contributed by atoms with Crippen LogP contribution in [0, 0.1) is 6.92 Å². The molecule has 2 rings (SSSR count). The van der Waals surface area contributed by atoms with Crippen molar-refractivity contribution in [2.75, 3.05) is 0 Å². The summed E-state index contributed by atoms with van der Waals surface area (Å²) in [6, 6.07) is 7.64. The van der Waals surface area contributed by atoms with Gasteiger partial charge in [-0.25, -0.2) is 0 Å². The number of aliphatic hydroxyl groups excluding tert-OH is 1. The van der Waals surface area contributed by atoms with Crippen LogP contribution < -0.4 is 0 Å². The van der Waals surface area contributed by atoms with E-state index >= 15 is 0 Å². The maximum atomic E-state index is 10.3. The predicted octanol–water partition coefficient (Wildman–Crippen LogP) is 4.00. The molecule has 0 fully saturated rings. The van der Waals surface area contributed by atoms with Crippen molar-refractivity contribution < 1.29 is 5.11 Å². The Morgan fingerprint density at radius 2 is 1.82 bits per heavy atom. The molecule has 0 aliphatic carbocycles. The molecule has 0 aliphatic rings. The van der Waals surface area contributed by atoms with Crippen molar-refractivity contribution >= 4 is 31.9 Å². The number of aryl methyl sites for hydroxylation is 1. The topological polar surface area (TPSA) is 33.1 Å². The van der Waals surface area contributed by atoms with Crippen LogP contribution in [-0.2, 0) is 0 Å². The normalized spacial score (nSPS) is 12.5. The number of aromatic nitrogens is 1. The Bertz CT molecular complexity index is 543. The molecule has 0 saturated heterocycles. The smallest absolute Gasteiger partial charge is 0.106 e. The second kappa shape index (κ2) is 5.29. The minimum absolute atomic E-state index is 0.646. The van der Waals surface area contributed by atoms with Crippen molar-refractivity contribution in [3.05, 3.63) is 62.3 Å². The fourth-order valence-electron chi connectivity index (χ4n) is 1.60. The highest BCUT2D eigenvalue weighted by atomic mass is 79.9. The lowest BCUT2D eigenvalue weighted by molar-refractivity contribution is 0.219. The number of rotatable bonds is 2. The summed E-state index contributed by atoms with van der Waals surface area (Å²) < 4.78 is 1.89. The van der Waals surface area contributed by atoms with Crippen molar-refractivity contribution in [1.82, 2.24) is 4.98 Å². The number of halogens is 2. The van der Waals surface area contributed by atoms with Crippen LogP contribution >= 0.6 is 31.9 Å². The molecular weight excluding hydrogens is 346 g/mol. The van der Waals surface area contributed by atoms with Gasteiger partial charge in [-0.05, 0) is 62.0 Å². The van der Waals surface area contributed by atoms with Gasteiger partial charge in [0.1, 0.15) is 6.10 Å². The third-order valence-electron chi connectivity index (χ3n) is 2.47. The van der Waals surface area contributed by atoms with Gasteiger partial charge in [-0.1, -0.05) is 12.1 Å². The molecule has 0 aliphatic heterocycles. The molecule has 0 amide bonds. The fraction of sp³-hybridized carbons (Fsp3) is 0.154. The Morgan fingerprint density at radius 3 is 2.47 bits per heavy atom. The zero-order chi connectivity index (χ0) is 12.4. The Hall–Kier alpha value is -0.710. The van der Waals surface area contributed by atoms with Gasteiger partial charge in [0, 0.05) is 26.9 Å². The van der Waals surface area contributed by atoms with Gasteiger partial charge in [-0.15, -0.1) is 0 Å². The second-order valence-corrected chi connectivity index (χ2v) is 5.58. The number of hydrogen-bond acceptors (Lipinski definition) is 2. The minimum Gasteiger partial charge on any atom is -0.384 e. The van der Waals surface area contributed by atoms with E-state index in [2.05, 4.69) is 36.8 Å². The zero-order valence-corrected chi connectivity index (χ0v) is 12.4. The molecule has 2 nitrogen and oxygen atoms in total. The molecule has 0 saturated carbocycles. The molecule has 1 N–H and O–H groups in total. The van der Waals surface area contributed by atoms with E-state index in [1.54, 1.807) is 12.4 Å². The number of benzene rings is 1. The summed E-state index contributed by atoms with van der Waals surface area (Å²) in [7, 11) is 0. The van der Waals surface area contributed by atoms with Crippen LogP contribution in [0.4, 0.5) is 0 Å². The van der Waals surface area contributed by atoms with Crippen LogP contribution in [0.25, 0.3) is 0 Å². The van der Waals surface area contributed by atoms with Crippen LogP contribution in [0.5, 0.6) is 0 Å². The average molecular weight is 357 g/mol. The van der Waals surface area contributed by atoms with Gasteiger partial charge in [0.25, 0.3) is 0 Å². The van der Waals surface area contributed by atoms with Crippen LogP contribution in [0.1, 0.15) is 22.8 Å². The van der Waals surface area contributed by atoms with E-state index in [4.69, 9.17) is 0 Å². The first-order valence-electron chi connectivity index (χ1n) is 5.12. The van der Waals surface area contributed by atoms with Crippen LogP contribution in [-0.4, -0.2) is 10.1 Å². The zero-order valence-electron chi connectivity index (χ0n) is 9.19. The number of aliphatic hydroxyl groups is 1. The number of pyridine rings is 1. The fourth-order valence-corrected chi connectivity index (χ4v) is 2.25. The quantitative estimate of drug-likeness (QED) is 0.882. The summed E-state index contributed by atoms with van der Waals surface area (Å²) in [5, 5.41) is 10.3. The molecule has 1 aromatic carbocycles. The second-order valence-electron chi connectivity index (χ2n) is 3.87. The molecule has 0 radical (unpaired) electrons. The molecule has 1 atom stereocenters. The monoisotopic (exact) mass is 355 g/mol. The number of nitrogens with zero attached hydrogens (tertiary/aromatic N) is 1. The first-order valence-corrected chi connectivity index (χ1v) is 6.71. The van der Waals surface area contributed by atoms with E-state index in [0.29, 0.717) is 0 Å². The first-order chi connectivity index (χ1) is 8.08. The van der Waals surface area contributed by atoms with Gasteiger partial charge >= 0.3 is 0 Å². The molecule has 4 heteroatoms. The van der Waals surface area contributed by atoms with Gasteiger partial charge in [-0.2, -0.15) is 0 Å². The van der Waals surface area contributed by atoms with E-state index in [-0.39, 0.29) is 0 Å². The largest absolute Gasteiger partial charge is 0.384 e. The van der Waals surface area contributed by atoms with Crippen molar-refractivity contribution in [1.29, 1.82) is 0 Å². The summed E-state index contributed by atoms with van der Waals surface area (Å²) in [6.07, 6.45) is 2.81. The first kappa shape index (κ1) is 12.7. The van der Waals surface area contributed by atoms with Gasteiger partial charge in [0.05, 0.1) is 0 Å². The Kier molecular flexibility index (Phi) is 3.97. The van der Waals surface area contributed by atoms with Crippen LogP contribution in [0.15, 0.2) is 45.6 Å². The van der Waals surface area contributed by atoms with E-state index in [1.807, 2.05) is 31.2 Å². The lowest BCUT2D eigenvalue weighted by Crippen LogP contribution is -2.00. The maximum Gasteiger partial charge on any atom is 0.106 e. The van der Waals surface area contributed by atoms with E-state index in [1.165, 1.54) is 0 Å². The lowest BCUT2D eigenvalue weighted by atomic mass is 10.0. The van der Waals surface area contributed by atoms with E-state index in [0.717, 1.165) is 25.6 Å². The third-order valence-corrected chi connectivity index (χ3v) is 4.35. The van der Waals surface area contributed by atoms with Crippen molar-refractivity contribution in [3.63, 3.8) is 0 Å².